The van der Waals surface area contributed by atoms with Crippen LogP contribution in [0, 0.1) is 0 Å². The summed E-state index contributed by atoms with van der Waals surface area (Å²) >= 11 is 0. The van der Waals surface area contributed by atoms with Crippen molar-refractivity contribution in [2.75, 3.05) is 19.6 Å². The van der Waals surface area contributed by atoms with Gasteiger partial charge in [-0.2, -0.15) is 13.2 Å². The van der Waals surface area contributed by atoms with Gasteiger partial charge < -0.3 is 15.1 Å². The lowest BCUT2D eigenvalue weighted by Crippen LogP contribution is -2.45. The SMILES string of the molecule is O=C(N1CCc2ncc(C(F)(F)F)cc2C1)N1CCC(NCc2ccccc2)C1. The Hall–Kier alpha value is -2.61. The molecule has 2 aliphatic heterocycles. The number of hydrogen-bond donors (Lipinski definition) is 1. The maximum atomic E-state index is 13.0. The van der Waals surface area contributed by atoms with Crippen LogP contribution in [0.25, 0.3) is 0 Å². The fourth-order valence-electron chi connectivity index (χ4n) is 3.90. The molecule has 0 aliphatic carbocycles. The van der Waals surface area contributed by atoms with E-state index in [9.17, 15) is 18.0 Å². The monoisotopic (exact) mass is 404 g/mol. The molecule has 0 radical (unpaired) electrons. The van der Waals surface area contributed by atoms with E-state index in [0.717, 1.165) is 25.2 Å². The summed E-state index contributed by atoms with van der Waals surface area (Å²) in [5, 5.41) is 3.48. The molecule has 1 N–H and O–H groups in total. The smallest absolute Gasteiger partial charge is 0.323 e. The van der Waals surface area contributed by atoms with Gasteiger partial charge in [-0.15, -0.1) is 0 Å². The summed E-state index contributed by atoms with van der Waals surface area (Å²) in [7, 11) is 0. The number of halogens is 3. The number of fused-ring (bicyclic) bond motifs is 1. The summed E-state index contributed by atoms with van der Waals surface area (Å²) in [6.07, 6.45) is -2.22. The summed E-state index contributed by atoms with van der Waals surface area (Å²) in [4.78, 5) is 20.3. The van der Waals surface area contributed by atoms with Crippen LogP contribution in [0.2, 0.25) is 0 Å². The van der Waals surface area contributed by atoms with Crippen molar-refractivity contribution in [3.8, 4) is 0 Å². The molecule has 2 amide bonds. The van der Waals surface area contributed by atoms with Crippen molar-refractivity contribution in [1.82, 2.24) is 20.1 Å². The Bertz CT molecular complexity index is 872. The molecule has 4 rings (SSSR count). The predicted octanol–water partition coefficient (Wildman–Crippen LogP) is 3.44. The molecule has 1 aromatic carbocycles. The van der Waals surface area contributed by atoms with Crippen LogP contribution in [0.3, 0.4) is 0 Å². The predicted molar refractivity (Wildman–Crippen MR) is 102 cm³/mol. The number of carbonyl (C=O) groups excluding carboxylic acids is 1. The standard InChI is InChI=1S/C21H23F3N4O/c22-21(23,24)17-10-16-13-27(9-7-19(16)26-12-17)20(29)28-8-6-18(14-28)25-11-15-4-2-1-3-5-15/h1-5,10,12,18,25H,6-9,11,13-14H2. The van der Waals surface area contributed by atoms with Crippen LogP contribution in [-0.2, 0) is 25.7 Å². The Morgan fingerprint density at radius 2 is 1.97 bits per heavy atom. The molecule has 1 fully saturated rings. The minimum absolute atomic E-state index is 0.114. The van der Waals surface area contributed by atoms with E-state index in [1.54, 1.807) is 9.80 Å². The number of aromatic nitrogens is 1. The number of rotatable bonds is 3. The van der Waals surface area contributed by atoms with Crippen molar-refractivity contribution in [2.24, 2.45) is 0 Å². The Morgan fingerprint density at radius 3 is 2.72 bits per heavy atom. The van der Waals surface area contributed by atoms with Crippen molar-refractivity contribution in [2.45, 2.75) is 38.1 Å². The van der Waals surface area contributed by atoms with Gasteiger partial charge in [0.05, 0.1) is 5.56 Å². The van der Waals surface area contributed by atoms with Crippen molar-refractivity contribution >= 4 is 6.03 Å². The fraction of sp³-hybridized carbons (Fsp3) is 0.429. The third-order valence-electron chi connectivity index (χ3n) is 5.53. The van der Waals surface area contributed by atoms with Gasteiger partial charge in [0.2, 0.25) is 0 Å². The first-order chi connectivity index (χ1) is 13.9. The maximum absolute atomic E-state index is 13.0. The van der Waals surface area contributed by atoms with E-state index in [2.05, 4.69) is 22.4 Å². The van der Waals surface area contributed by atoms with Crippen molar-refractivity contribution in [3.63, 3.8) is 0 Å². The number of likely N-dealkylation sites (tertiary alicyclic amines) is 1. The normalized spacial score (nSPS) is 19.3. The highest BCUT2D eigenvalue weighted by Crippen LogP contribution is 2.31. The number of amides is 2. The molecular weight excluding hydrogens is 381 g/mol. The van der Waals surface area contributed by atoms with Gasteiger partial charge in [-0.25, -0.2) is 4.79 Å². The number of benzene rings is 1. The Balaban J connectivity index is 1.35. The van der Waals surface area contributed by atoms with E-state index in [0.29, 0.717) is 37.3 Å². The zero-order chi connectivity index (χ0) is 20.4. The second kappa shape index (κ2) is 8.02. The zero-order valence-corrected chi connectivity index (χ0v) is 16.0. The first kappa shape index (κ1) is 19.7. The Labute approximate surface area is 167 Å². The molecule has 5 nitrogen and oxygen atoms in total. The summed E-state index contributed by atoms with van der Waals surface area (Å²) in [5.41, 5.74) is 1.55. The van der Waals surface area contributed by atoms with Gasteiger partial charge in [-0.3, -0.25) is 4.98 Å². The number of hydrogen-bond acceptors (Lipinski definition) is 3. The van der Waals surface area contributed by atoms with E-state index in [1.165, 1.54) is 5.56 Å². The zero-order valence-electron chi connectivity index (χ0n) is 16.0. The first-order valence-electron chi connectivity index (χ1n) is 9.76. The average Bonchev–Trinajstić information content (AvgIpc) is 3.20. The van der Waals surface area contributed by atoms with Crippen LogP contribution in [0.5, 0.6) is 0 Å². The third kappa shape index (κ3) is 4.53. The van der Waals surface area contributed by atoms with E-state index in [4.69, 9.17) is 0 Å². The van der Waals surface area contributed by atoms with Gasteiger partial charge in [0.25, 0.3) is 0 Å². The second-order valence-corrected chi connectivity index (χ2v) is 7.58. The van der Waals surface area contributed by atoms with Crippen LogP contribution in [0.4, 0.5) is 18.0 Å². The van der Waals surface area contributed by atoms with Gasteiger partial charge in [0, 0.05) is 57.1 Å². The molecule has 1 atom stereocenters. The molecule has 1 aromatic heterocycles. The minimum Gasteiger partial charge on any atom is -0.323 e. The summed E-state index contributed by atoms with van der Waals surface area (Å²) in [6.45, 7) is 2.65. The maximum Gasteiger partial charge on any atom is 0.417 e. The van der Waals surface area contributed by atoms with Crippen LogP contribution in [-0.4, -0.2) is 46.5 Å². The van der Waals surface area contributed by atoms with Crippen LogP contribution < -0.4 is 5.32 Å². The minimum atomic E-state index is -4.43. The van der Waals surface area contributed by atoms with Crippen molar-refractivity contribution in [1.29, 1.82) is 0 Å². The van der Waals surface area contributed by atoms with Gasteiger partial charge in [-0.05, 0) is 23.6 Å². The summed E-state index contributed by atoms with van der Waals surface area (Å²) in [5.74, 6) is 0. The highest BCUT2D eigenvalue weighted by atomic mass is 19.4. The first-order valence-corrected chi connectivity index (χ1v) is 9.76. The number of carbonyl (C=O) groups is 1. The van der Waals surface area contributed by atoms with E-state index in [1.807, 2.05) is 18.2 Å². The molecule has 29 heavy (non-hydrogen) atoms. The fourth-order valence-corrected chi connectivity index (χ4v) is 3.90. The molecule has 0 saturated carbocycles. The largest absolute Gasteiger partial charge is 0.417 e. The molecule has 8 heteroatoms. The van der Waals surface area contributed by atoms with E-state index in [-0.39, 0.29) is 18.6 Å². The third-order valence-corrected chi connectivity index (χ3v) is 5.53. The van der Waals surface area contributed by atoms with E-state index >= 15 is 0 Å². The molecule has 0 bridgehead atoms. The Morgan fingerprint density at radius 1 is 1.17 bits per heavy atom. The van der Waals surface area contributed by atoms with Gasteiger partial charge >= 0.3 is 12.2 Å². The number of alkyl halides is 3. The number of nitrogens with zero attached hydrogens (tertiary/aromatic N) is 3. The number of urea groups is 1. The van der Waals surface area contributed by atoms with Crippen molar-refractivity contribution < 1.29 is 18.0 Å². The quantitative estimate of drug-likeness (QED) is 0.853. The Kier molecular flexibility index (Phi) is 5.45. The van der Waals surface area contributed by atoms with Crippen LogP contribution >= 0.6 is 0 Å². The second-order valence-electron chi connectivity index (χ2n) is 7.58. The van der Waals surface area contributed by atoms with Gasteiger partial charge in [-0.1, -0.05) is 30.3 Å². The molecule has 3 heterocycles. The van der Waals surface area contributed by atoms with Crippen LogP contribution in [0.1, 0.15) is 28.8 Å². The lowest BCUT2D eigenvalue weighted by atomic mass is 10.0. The van der Waals surface area contributed by atoms with Crippen molar-refractivity contribution in [3.05, 3.63) is 65.0 Å². The van der Waals surface area contributed by atoms with E-state index < -0.39 is 11.7 Å². The number of pyridine rings is 1. The molecule has 1 unspecified atom stereocenters. The lowest BCUT2D eigenvalue weighted by Gasteiger charge is -2.32. The molecule has 2 aromatic rings. The molecule has 154 valence electrons. The summed E-state index contributed by atoms with van der Waals surface area (Å²) < 4.78 is 38.9. The van der Waals surface area contributed by atoms with Gasteiger partial charge in [0.15, 0.2) is 0 Å². The van der Waals surface area contributed by atoms with Gasteiger partial charge in [0.1, 0.15) is 0 Å². The topological polar surface area (TPSA) is 48.5 Å². The average molecular weight is 404 g/mol. The molecule has 0 spiro atoms. The molecule has 1 saturated heterocycles. The highest BCUT2D eigenvalue weighted by molar-refractivity contribution is 5.75. The highest BCUT2D eigenvalue weighted by Gasteiger charge is 2.34. The van der Waals surface area contributed by atoms with Crippen LogP contribution in [0.15, 0.2) is 42.6 Å². The molecule has 2 aliphatic rings. The number of nitrogens with one attached hydrogen (secondary N) is 1. The lowest BCUT2D eigenvalue weighted by molar-refractivity contribution is -0.137. The molecular formula is C21H23F3N4O. The summed E-state index contributed by atoms with van der Waals surface area (Å²) in [6, 6.07) is 11.3.